The summed E-state index contributed by atoms with van der Waals surface area (Å²) in [5.41, 5.74) is 4.68. The lowest BCUT2D eigenvalue weighted by molar-refractivity contribution is 0.0731. The van der Waals surface area contributed by atoms with Gasteiger partial charge in [0.05, 0.1) is 30.0 Å². The number of carbonyl (C=O) groups excluding carboxylic acids is 1. The SMILES string of the molecule is Cc1cccnc1CNc1ncnc2c1CCN(C(=O)c1cccnc1)C2. The van der Waals surface area contributed by atoms with Crippen LogP contribution < -0.4 is 5.32 Å². The summed E-state index contributed by atoms with van der Waals surface area (Å²) in [6.45, 7) is 3.75. The highest BCUT2D eigenvalue weighted by Crippen LogP contribution is 2.24. The average Bonchev–Trinajstić information content (AvgIpc) is 2.73. The van der Waals surface area contributed by atoms with E-state index in [1.165, 1.54) is 0 Å². The zero-order valence-corrected chi connectivity index (χ0v) is 15.1. The highest BCUT2D eigenvalue weighted by molar-refractivity contribution is 5.94. The van der Waals surface area contributed by atoms with Crippen LogP contribution in [-0.2, 0) is 19.5 Å². The maximum Gasteiger partial charge on any atom is 0.255 e. The molecule has 1 aliphatic rings. The molecule has 7 nitrogen and oxygen atoms in total. The van der Waals surface area contributed by atoms with Gasteiger partial charge >= 0.3 is 0 Å². The van der Waals surface area contributed by atoms with Gasteiger partial charge in [-0.2, -0.15) is 0 Å². The van der Waals surface area contributed by atoms with Crippen LogP contribution in [0.25, 0.3) is 0 Å². The van der Waals surface area contributed by atoms with E-state index >= 15 is 0 Å². The smallest absolute Gasteiger partial charge is 0.255 e. The van der Waals surface area contributed by atoms with Gasteiger partial charge in [-0.05, 0) is 37.1 Å². The van der Waals surface area contributed by atoms with Crippen molar-refractivity contribution in [2.75, 3.05) is 11.9 Å². The minimum Gasteiger partial charge on any atom is -0.364 e. The number of pyridine rings is 2. The fourth-order valence-corrected chi connectivity index (χ4v) is 3.22. The van der Waals surface area contributed by atoms with Gasteiger partial charge in [-0.15, -0.1) is 0 Å². The molecule has 0 aliphatic carbocycles. The van der Waals surface area contributed by atoms with E-state index in [9.17, 15) is 4.79 Å². The molecule has 0 saturated heterocycles. The van der Waals surface area contributed by atoms with Crippen molar-refractivity contribution in [3.63, 3.8) is 0 Å². The number of anilines is 1. The summed E-state index contributed by atoms with van der Waals surface area (Å²) in [6.07, 6.45) is 7.31. The first-order valence-electron chi connectivity index (χ1n) is 8.89. The van der Waals surface area contributed by atoms with E-state index in [2.05, 4.69) is 25.3 Å². The molecule has 0 spiro atoms. The molecule has 136 valence electrons. The van der Waals surface area contributed by atoms with E-state index in [0.29, 0.717) is 31.6 Å². The zero-order valence-electron chi connectivity index (χ0n) is 15.1. The summed E-state index contributed by atoms with van der Waals surface area (Å²) in [5, 5.41) is 3.38. The van der Waals surface area contributed by atoms with Crippen LogP contribution in [0.2, 0.25) is 0 Å². The summed E-state index contributed by atoms with van der Waals surface area (Å²) in [4.78, 5) is 31.7. The Hall–Kier alpha value is -3.35. The van der Waals surface area contributed by atoms with Crippen molar-refractivity contribution in [3.05, 3.63) is 77.3 Å². The van der Waals surface area contributed by atoms with E-state index in [-0.39, 0.29) is 5.91 Å². The van der Waals surface area contributed by atoms with Gasteiger partial charge in [0.15, 0.2) is 0 Å². The molecule has 3 aromatic rings. The molecule has 0 fully saturated rings. The predicted octanol–water partition coefficient (Wildman–Crippen LogP) is 2.39. The van der Waals surface area contributed by atoms with Crippen LogP contribution in [0, 0.1) is 6.92 Å². The monoisotopic (exact) mass is 360 g/mol. The number of amides is 1. The first-order valence-corrected chi connectivity index (χ1v) is 8.89. The Balaban J connectivity index is 1.50. The number of carbonyl (C=O) groups is 1. The summed E-state index contributed by atoms with van der Waals surface area (Å²) in [7, 11) is 0. The zero-order chi connectivity index (χ0) is 18.6. The van der Waals surface area contributed by atoms with E-state index < -0.39 is 0 Å². The third kappa shape index (κ3) is 3.62. The van der Waals surface area contributed by atoms with Crippen LogP contribution in [-0.4, -0.2) is 37.3 Å². The normalized spacial score (nSPS) is 13.1. The molecule has 1 amide bonds. The Morgan fingerprint density at radius 2 is 2.07 bits per heavy atom. The van der Waals surface area contributed by atoms with Crippen molar-refractivity contribution in [1.82, 2.24) is 24.8 Å². The summed E-state index contributed by atoms with van der Waals surface area (Å²) >= 11 is 0. The number of fused-ring (bicyclic) bond motifs is 1. The summed E-state index contributed by atoms with van der Waals surface area (Å²) in [5.74, 6) is 0.796. The Kier molecular flexibility index (Phi) is 4.74. The number of hydrogen-bond acceptors (Lipinski definition) is 6. The number of aryl methyl sites for hydroxylation is 1. The molecular formula is C20H20N6O. The third-order valence-electron chi connectivity index (χ3n) is 4.74. The van der Waals surface area contributed by atoms with Gasteiger partial charge in [-0.3, -0.25) is 14.8 Å². The number of nitrogens with zero attached hydrogens (tertiary/aromatic N) is 5. The molecule has 3 aromatic heterocycles. The standard InChI is InChI=1S/C20H20N6O/c1-14-4-2-8-22-17(14)11-23-19-16-6-9-26(12-18(16)24-13-25-19)20(27)15-5-3-7-21-10-15/h2-5,7-8,10,13H,6,9,11-12H2,1H3,(H,23,24,25). The molecule has 7 heteroatoms. The number of nitrogens with one attached hydrogen (secondary N) is 1. The Morgan fingerprint density at radius 1 is 1.19 bits per heavy atom. The molecule has 0 unspecified atom stereocenters. The van der Waals surface area contributed by atoms with Crippen molar-refractivity contribution >= 4 is 11.7 Å². The van der Waals surface area contributed by atoms with E-state index in [1.807, 2.05) is 19.1 Å². The van der Waals surface area contributed by atoms with E-state index in [1.54, 1.807) is 42.0 Å². The molecule has 4 heterocycles. The van der Waals surface area contributed by atoms with Gasteiger partial charge in [0.1, 0.15) is 12.1 Å². The number of aromatic nitrogens is 4. The molecule has 1 N–H and O–H groups in total. The minimum atomic E-state index is -0.0222. The molecule has 0 atom stereocenters. The van der Waals surface area contributed by atoms with Gasteiger partial charge in [-0.1, -0.05) is 6.07 Å². The molecule has 0 aromatic carbocycles. The fraction of sp³-hybridized carbons (Fsp3) is 0.250. The fourth-order valence-electron chi connectivity index (χ4n) is 3.22. The molecule has 27 heavy (non-hydrogen) atoms. The Bertz CT molecular complexity index is 960. The predicted molar refractivity (Wildman–Crippen MR) is 101 cm³/mol. The van der Waals surface area contributed by atoms with Crippen molar-refractivity contribution in [2.45, 2.75) is 26.4 Å². The van der Waals surface area contributed by atoms with Crippen molar-refractivity contribution in [1.29, 1.82) is 0 Å². The molecule has 1 aliphatic heterocycles. The highest BCUT2D eigenvalue weighted by atomic mass is 16.2. The molecule has 0 bridgehead atoms. The second-order valence-corrected chi connectivity index (χ2v) is 6.49. The van der Waals surface area contributed by atoms with Crippen molar-refractivity contribution in [3.8, 4) is 0 Å². The van der Waals surface area contributed by atoms with Crippen LogP contribution in [0.4, 0.5) is 5.82 Å². The van der Waals surface area contributed by atoms with Crippen LogP contribution in [0.5, 0.6) is 0 Å². The van der Waals surface area contributed by atoms with Crippen LogP contribution in [0.3, 0.4) is 0 Å². The van der Waals surface area contributed by atoms with Gasteiger partial charge in [0, 0.05) is 30.7 Å². The van der Waals surface area contributed by atoms with E-state index in [4.69, 9.17) is 0 Å². The second kappa shape index (κ2) is 7.49. The first kappa shape index (κ1) is 17.1. The first-order chi connectivity index (χ1) is 13.2. The van der Waals surface area contributed by atoms with Crippen LogP contribution in [0.1, 0.15) is 32.9 Å². The van der Waals surface area contributed by atoms with Gasteiger partial charge in [0.2, 0.25) is 0 Å². The van der Waals surface area contributed by atoms with Gasteiger partial charge < -0.3 is 10.2 Å². The number of rotatable bonds is 4. The molecule has 0 radical (unpaired) electrons. The maximum atomic E-state index is 12.7. The Labute approximate surface area is 157 Å². The Morgan fingerprint density at radius 3 is 2.89 bits per heavy atom. The third-order valence-corrected chi connectivity index (χ3v) is 4.74. The molecule has 4 rings (SSSR count). The summed E-state index contributed by atoms with van der Waals surface area (Å²) < 4.78 is 0. The van der Waals surface area contributed by atoms with E-state index in [0.717, 1.165) is 28.3 Å². The quantitative estimate of drug-likeness (QED) is 0.769. The second-order valence-electron chi connectivity index (χ2n) is 6.49. The topological polar surface area (TPSA) is 83.9 Å². The lowest BCUT2D eigenvalue weighted by Crippen LogP contribution is -2.37. The van der Waals surface area contributed by atoms with Crippen LogP contribution >= 0.6 is 0 Å². The lowest BCUT2D eigenvalue weighted by atomic mass is 10.0. The average molecular weight is 360 g/mol. The van der Waals surface area contributed by atoms with Gasteiger partial charge in [0.25, 0.3) is 5.91 Å². The van der Waals surface area contributed by atoms with Crippen molar-refractivity contribution < 1.29 is 4.79 Å². The van der Waals surface area contributed by atoms with Crippen LogP contribution in [0.15, 0.2) is 49.2 Å². The number of hydrogen-bond donors (Lipinski definition) is 1. The lowest BCUT2D eigenvalue weighted by Gasteiger charge is -2.29. The maximum absolute atomic E-state index is 12.7. The van der Waals surface area contributed by atoms with Crippen molar-refractivity contribution in [2.24, 2.45) is 0 Å². The largest absolute Gasteiger partial charge is 0.364 e. The molecule has 0 saturated carbocycles. The van der Waals surface area contributed by atoms with Gasteiger partial charge in [-0.25, -0.2) is 9.97 Å². The highest BCUT2D eigenvalue weighted by Gasteiger charge is 2.25. The molecular weight excluding hydrogens is 340 g/mol. The summed E-state index contributed by atoms with van der Waals surface area (Å²) in [6, 6.07) is 7.53. The minimum absolute atomic E-state index is 0.0222.